The Hall–Kier alpha value is -1.62. The van der Waals surface area contributed by atoms with Gasteiger partial charge in [-0.1, -0.05) is 18.1 Å². The van der Waals surface area contributed by atoms with Crippen molar-refractivity contribution in [3.63, 3.8) is 0 Å². The van der Waals surface area contributed by atoms with Crippen LogP contribution in [0.15, 0.2) is 29.6 Å². The quantitative estimate of drug-likeness (QED) is 0.321. The molecular weight excluding hydrogens is 216 g/mol. The molecule has 3 N–H and O–H groups in total. The fourth-order valence-electron chi connectivity index (χ4n) is 1.57. The van der Waals surface area contributed by atoms with Crippen LogP contribution in [-0.2, 0) is 6.42 Å². The van der Waals surface area contributed by atoms with Crippen molar-refractivity contribution in [3.05, 3.63) is 30.1 Å². The first-order valence-corrected chi connectivity index (χ1v) is 5.85. The number of amidine groups is 1. The monoisotopic (exact) mass is 236 g/mol. The molecule has 0 aliphatic heterocycles. The smallest absolute Gasteiger partial charge is 0.140 e. The molecule has 1 heterocycles. The van der Waals surface area contributed by atoms with Crippen LogP contribution in [0.3, 0.4) is 0 Å². The summed E-state index contributed by atoms with van der Waals surface area (Å²) in [6.07, 6.45) is 3.32. The zero-order chi connectivity index (χ0) is 12.5. The van der Waals surface area contributed by atoms with Gasteiger partial charge in [0.2, 0.25) is 0 Å². The minimum Gasteiger partial charge on any atom is -0.409 e. The van der Waals surface area contributed by atoms with Crippen molar-refractivity contribution >= 4 is 5.84 Å². The Kier molecular flexibility index (Phi) is 6.03. The summed E-state index contributed by atoms with van der Waals surface area (Å²) < 4.78 is 0. The molecule has 0 atom stereocenters. The van der Waals surface area contributed by atoms with E-state index in [0.29, 0.717) is 6.42 Å². The molecule has 0 aromatic carbocycles. The van der Waals surface area contributed by atoms with Gasteiger partial charge in [0, 0.05) is 37.8 Å². The maximum absolute atomic E-state index is 8.46. The third-order valence-corrected chi connectivity index (χ3v) is 2.67. The molecule has 0 unspecified atom stereocenters. The van der Waals surface area contributed by atoms with Gasteiger partial charge in [-0.2, -0.15) is 0 Å². The highest BCUT2D eigenvalue weighted by molar-refractivity contribution is 5.79. The van der Waals surface area contributed by atoms with Crippen molar-refractivity contribution in [1.82, 2.24) is 9.88 Å². The number of hydrogen-bond acceptors (Lipinski definition) is 4. The van der Waals surface area contributed by atoms with E-state index in [0.717, 1.165) is 31.7 Å². The molecule has 0 fully saturated rings. The Morgan fingerprint density at radius 2 is 2.29 bits per heavy atom. The second kappa shape index (κ2) is 7.62. The summed E-state index contributed by atoms with van der Waals surface area (Å²) >= 11 is 0. The van der Waals surface area contributed by atoms with Gasteiger partial charge in [0.05, 0.1) is 0 Å². The van der Waals surface area contributed by atoms with E-state index in [4.69, 9.17) is 10.9 Å². The average Bonchev–Trinajstić information content (AvgIpc) is 2.39. The van der Waals surface area contributed by atoms with Crippen molar-refractivity contribution < 1.29 is 5.21 Å². The minimum absolute atomic E-state index is 0.279. The summed E-state index contributed by atoms with van der Waals surface area (Å²) in [6.45, 7) is 4.79. The molecule has 94 valence electrons. The molecule has 0 saturated carbocycles. The van der Waals surface area contributed by atoms with E-state index in [-0.39, 0.29) is 5.84 Å². The van der Waals surface area contributed by atoms with Gasteiger partial charge in [0.15, 0.2) is 0 Å². The van der Waals surface area contributed by atoms with Crippen LogP contribution in [0.5, 0.6) is 0 Å². The number of hydrogen-bond donors (Lipinski definition) is 2. The minimum atomic E-state index is 0.279. The van der Waals surface area contributed by atoms with Gasteiger partial charge < -0.3 is 15.8 Å². The third kappa shape index (κ3) is 5.31. The molecule has 0 aliphatic rings. The third-order valence-electron chi connectivity index (χ3n) is 2.67. The number of likely N-dealkylation sites (N-methyl/N-ethyl adjacent to an activating group) is 1. The summed E-state index contributed by atoms with van der Waals surface area (Å²) in [6, 6.07) is 5.94. The summed E-state index contributed by atoms with van der Waals surface area (Å²) in [5.74, 6) is 0.279. The molecule has 0 spiro atoms. The first-order valence-electron chi connectivity index (χ1n) is 5.85. The van der Waals surface area contributed by atoms with Crippen molar-refractivity contribution in [2.45, 2.75) is 19.8 Å². The second-order valence-corrected chi connectivity index (χ2v) is 3.85. The van der Waals surface area contributed by atoms with E-state index in [1.54, 1.807) is 0 Å². The zero-order valence-corrected chi connectivity index (χ0v) is 10.2. The van der Waals surface area contributed by atoms with Crippen LogP contribution >= 0.6 is 0 Å². The van der Waals surface area contributed by atoms with E-state index >= 15 is 0 Å². The first-order chi connectivity index (χ1) is 8.26. The largest absolute Gasteiger partial charge is 0.409 e. The Labute approximate surface area is 102 Å². The van der Waals surface area contributed by atoms with Crippen molar-refractivity contribution in [3.8, 4) is 0 Å². The van der Waals surface area contributed by atoms with E-state index in [1.807, 2.05) is 24.4 Å². The Balaban J connectivity index is 2.32. The SMILES string of the molecule is CCN(CCC(N)=NO)CCc1ccccn1. The molecule has 1 aromatic heterocycles. The molecular formula is C12H20N4O. The molecule has 5 heteroatoms. The number of nitrogens with zero attached hydrogens (tertiary/aromatic N) is 3. The first kappa shape index (κ1) is 13.4. The lowest BCUT2D eigenvalue weighted by atomic mass is 10.2. The number of rotatable bonds is 7. The predicted molar refractivity (Wildman–Crippen MR) is 68.1 cm³/mol. The molecule has 0 radical (unpaired) electrons. The lowest BCUT2D eigenvalue weighted by Gasteiger charge is -2.19. The topological polar surface area (TPSA) is 74.7 Å². The summed E-state index contributed by atoms with van der Waals surface area (Å²) in [7, 11) is 0. The van der Waals surface area contributed by atoms with Crippen LogP contribution in [0, 0.1) is 0 Å². The van der Waals surface area contributed by atoms with Gasteiger partial charge in [-0.05, 0) is 18.7 Å². The number of aromatic nitrogens is 1. The van der Waals surface area contributed by atoms with Crippen LogP contribution in [0.2, 0.25) is 0 Å². The normalized spacial score (nSPS) is 12.0. The van der Waals surface area contributed by atoms with Crippen molar-refractivity contribution in [2.24, 2.45) is 10.9 Å². The fourth-order valence-corrected chi connectivity index (χ4v) is 1.57. The Bertz CT molecular complexity index is 340. The molecule has 0 aliphatic carbocycles. The van der Waals surface area contributed by atoms with Crippen LogP contribution in [0.4, 0.5) is 0 Å². The Morgan fingerprint density at radius 3 is 2.88 bits per heavy atom. The van der Waals surface area contributed by atoms with E-state index in [2.05, 4.69) is 22.0 Å². The van der Waals surface area contributed by atoms with Crippen molar-refractivity contribution in [2.75, 3.05) is 19.6 Å². The highest BCUT2D eigenvalue weighted by Crippen LogP contribution is 1.99. The van der Waals surface area contributed by atoms with Crippen LogP contribution in [0.1, 0.15) is 19.0 Å². The zero-order valence-electron chi connectivity index (χ0n) is 10.2. The van der Waals surface area contributed by atoms with Gasteiger partial charge >= 0.3 is 0 Å². The predicted octanol–water partition coefficient (Wildman–Crippen LogP) is 1.08. The standard InChI is InChI=1S/C12H20N4O/c1-2-16(10-7-12(13)15-17)9-6-11-5-3-4-8-14-11/h3-5,8,17H,2,6-7,9-10H2,1H3,(H2,13,15). The van der Waals surface area contributed by atoms with E-state index < -0.39 is 0 Å². The average molecular weight is 236 g/mol. The van der Waals surface area contributed by atoms with Crippen LogP contribution in [0.25, 0.3) is 0 Å². The maximum Gasteiger partial charge on any atom is 0.140 e. The molecule has 0 bridgehead atoms. The molecule has 5 nitrogen and oxygen atoms in total. The maximum atomic E-state index is 8.46. The molecule has 17 heavy (non-hydrogen) atoms. The van der Waals surface area contributed by atoms with Gasteiger partial charge in [0.25, 0.3) is 0 Å². The number of pyridine rings is 1. The summed E-state index contributed by atoms with van der Waals surface area (Å²) in [5, 5.41) is 11.4. The summed E-state index contributed by atoms with van der Waals surface area (Å²) in [5.41, 5.74) is 6.54. The van der Waals surface area contributed by atoms with Gasteiger partial charge in [0.1, 0.15) is 5.84 Å². The van der Waals surface area contributed by atoms with Gasteiger partial charge in [-0.25, -0.2) is 0 Å². The highest BCUT2D eigenvalue weighted by atomic mass is 16.4. The van der Waals surface area contributed by atoms with Crippen molar-refractivity contribution in [1.29, 1.82) is 0 Å². The lowest BCUT2D eigenvalue weighted by Crippen LogP contribution is -2.30. The van der Waals surface area contributed by atoms with E-state index in [1.165, 1.54) is 0 Å². The van der Waals surface area contributed by atoms with Crippen LogP contribution in [-0.4, -0.2) is 40.6 Å². The van der Waals surface area contributed by atoms with Crippen LogP contribution < -0.4 is 5.73 Å². The van der Waals surface area contributed by atoms with Gasteiger partial charge in [-0.15, -0.1) is 0 Å². The number of nitrogens with two attached hydrogens (primary N) is 1. The second-order valence-electron chi connectivity index (χ2n) is 3.85. The fraction of sp³-hybridized carbons (Fsp3) is 0.500. The highest BCUT2D eigenvalue weighted by Gasteiger charge is 2.04. The van der Waals surface area contributed by atoms with Gasteiger partial charge in [-0.3, -0.25) is 4.98 Å². The molecule has 0 amide bonds. The Morgan fingerprint density at radius 1 is 1.47 bits per heavy atom. The molecule has 1 rings (SSSR count). The number of oxime groups is 1. The summed E-state index contributed by atoms with van der Waals surface area (Å²) in [4.78, 5) is 6.54. The molecule has 1 aromatic rings. The van der Waals surface area contributed by atoms with E-state index in [9.17, 15) is 0 Å². The molecule has 0 saturated heterocycles. The lowest BCUT2D eigenvalue weighted by molar-refractivity contribution is 0.292.